The third kappa shape index (κ3) is 4.14. The SMILES string of the molecule is CC(CO)NC(=O)c1cn(Cc2ccccc2)nc1-c1ccccc1. The highest BCUT2D eigenvalue weighted by molar-refractivity contribution is 5.99. The van der Waals surface area contributed by atoms with E-state index in [1.165, 1.54) is 0 Å². The van der Waals surface area contributed by atoms with Crippen molar-refractivity contribution in [2.75, 3.05) is 6.61 Å². The minimum Gasteiger partial charge on any atom is -0.394 e. The van der Waals surface area contributed by atoms with Crippen molar-refractivity contribution in [2.45, 2.75) is 19.5 Å². The molecule has 1 heterocycles. The average molecular weight is 335 g/mol. The summed E-state index contributed by atoms with van der Waals surface area (Å²) in [6.45, 7) is 2.24. The molecule has 3 aromatic rings. The van der Waals surface area contributed by atoms with Crippen LogP contribution in [0.4, 0.5) is 0 Å². The number of hydrogen-bond donors (Lipinski definition) is 2. The summed E-state index contributed by atoms with van der Waals surface area (Å²) in [6, 6.07) is 19.3. The molecule has 0 aliphatic rings. The predicted molar refractivity (Wildman–Crippen MR) is 97.2 cm³/mol. The molecule has 0 aliphatic heterocycles. The van der Waals surface area contributed by atoms with E-state index in [4.69, 9.17) is 0 Å². The number of aliphatic hydroxyl groups excluding tert-OH is 1. The smallest absolute Gasteiger partial charge is 0.255 e. The molecule has 1 atom stereocenters. The van der Waals surface area contributed by atoms with Crippen molar-refractivity contribution in [3.63, 3.8) is 0 Å². The minimum atomic E-state index is -0.311. The van der Waals surface area contributed by atoms with Crippen LogP contribution in [-0.4, -0.2) is 33.4 Å². The number of nitrogens with one attached hydrogen (secondary N) is 1. The van der Waals surface area contributed by atoms with Crippen LogP contribution in [0.15, 0.2) is 66.9 Å². The highest BCUT2D eigenvalue weighted by Crippen LogP contribution is 2.22. The van der Waals surface area contributed by atoms with E-state index in [1.54, 1.807) is 17.8 Å². The van der Waals surface area contributed by atoms with Gasteiger partial charge in [-0.1, -0.05) is 60.7 Å². The molecular weight excluding hydrogens is 314 g/mol. The lowest BCUT2D eigenvalue weighted by Gasteiger charge is -2.10. The second-order valence-corrected chi connectivity index (χ2v) is 6.00. The van der Waals surface area contributed by atoms with Gasteiger partial charge >= 0.3 is 0 Å². The Morgan fingerprint density at radius 3 is 2.40 bits per heavy atom. The summed E-state index contributed by atoms with van der Waals surface area (Å²) in [5, 5.41) is 16.6. The first-order chi connectivity index (χ1) is 12.2. The number of benzene rings is 2. The maximum absolute atomic E-state index is 12.6. The zero-order chi connectivity index (χ0) is 17.6. The van der Waals surface area contributed by atoms with Crippen LogP contribution in [-0.2, 0) is 6.54 Å². The number of rotatable bonds is 6. The summed E-state index contributed by atoms with van der Waals surface area (Å²) in [6.07, 6.45) is 1.76. The molecule has 1 unspecified atom stereocenters. The fourth-order valence-electron chi connectivity index (χ4n) is 2.60. The summed E-state index contributed by atoms with van der Waals surface area (Å²) >= 11 is 0. The van der Waals surface area contributed by atoms with Gasteiger partial charge in [-0.3, -0.25) is 9.48 Å². The topological polar surface area (TPSA) is 67.2 Å². The van der Waals surface area contributed by atoms with Crippen LogP contribution in [0, 0.1) is 0 Å². The van der Waals surface area contributed by atoms with Gasteiger partial charge in [-0.2, -0.15) is 5.10 Å². The van der Waals surface area contributed by atoms with Crippen LogP contribution in [0.25, 0.3) is 11.3 Å². The molecule has 0 spiro atoms. The Morgan fingerprint density at radius 1 is 1.12 bits per heavy atom. The van der Waals surface area contributed by atoms with Crippen molar-refractivity contribution in [3.05, 3.63) is 78.0 Å². The van der Waals surface area contributed by atoms with E-state index in [-0.39, 0.29) is 18.6 Å². The zero-order valence-corrected chi connectivity index (χ0v) is 14.1. The Balaban J connectivity index is 1.95. The molecule has 0 saturated carbocycles. The van der Waals surface area contributed by atoms with Crippen LogP contribution >= 0.6 is 0 Å². The molecule has 2 N–H and O–H groups in total. The van der Waals surface area contributed by atoms with E-state index in [9.17, 15) is 9.90 Å². The number of nitrogens with zero attached hydrogens (tertiary/aromatic N) is 2. The molecule has 0 radical (unpaired) electrons. The Kier molecular flexibility index (Phi) is 5.26. The maximum atomic E-state index is 12.6. The van der Waals surface area contributed by atoms with Gasteiger partial charge in [0, 0.05) is 17.8 Å². The molecule has 25 heavy (non-hydrogen) atoms. The van der Waals surface area contributed by atoms with Crippen molar-refractivity contribution in [1.29, 1.82) is 0 Å². The van der Waals surface area contributed by atoms with Crippen LogP contribution in [0.3, 0.4) is 0 Å². The Bertz CT molecular complexity index is 829. The number of carbonyl (C=O) groups is 1. The molecule has 0 fully saturated rings. The summed E-state index contributed by atoms with van der Waals surface area (Å²) in [5.41, 5.74) is 3.14. The molecule has 1 aromatic heterocycles. The fourth-order valence-corrected chi connectivity index (χ4v) is 2.60. The Hall–Kier alpha value is -2.92. The number of aliphatic hydroxyl groups is 1. The van der Waals surface area contributed by atoms with Crippen molar-refractivity contribution >= 4 is 5.91 Å². The predicted octanol–water partition coefficient (Wildman–Crippen LogP) is 2.71. The summed E-state index contributed by atoms with van der Waals surface area (Å²) in [5.74, 6) is -0.236. The first kappa shape index (κ1) is 16.9. The number of hydrogen-bond acceptors (Lipinski definition) is 3. The number of carbonyl (C=O) groups excluding carboxylic acids is 1. The average Bonchev–Trinajstić information content (AvgIpc) is 3.07. The second kappa shape index (κ2) is 7.77. The van der Waals surface area contributed by atoms with E-state index in [0.717, 1.165) is 11.1 Å². The highest BCUT2D eigenvalue weighted by Gasteiger charge is 2.19. The van der Waals surface area contributed by atoms with Gasteiger partial charge in [-0.15, -0.1) is 0 Å². The normalized spacial score (nSPS) is 11.9. The van der Waals surface area contributed by atoms with Gasteiger partial charge in [-0.05, 0) is 12.5 Å². The highest BCUT2D eigenvalue weighted by atomic mass is 16.3. The molecule has 5 nitrogen and oxygen atoms in total. The molecule has 0 saturated heterocycles. The van der Waals surface area contributed by atoms with Gasteiger partial charge in [-0.25, -0.2) is 0 Å². The van der Waals surface area contributed by atoms with E-state index < -0.39 is 0 Å². The van der Waals surface area contributed by atoms with Crippen LogP contribution in [0.2, 0.25) is 0 Å². The molecular formula is C20H21N3O2. The van der Waals surface area contributed by atoms with Gasteiger partial charge < -0.3 is 10.4 Å². The van der Waals surface area contributed by atoms with Gasteiger partial charge in [0.05, 0.1) is 18.7 Å². The molecule has 5 heteroatoms. The first-order valence-electron chi connectivity index (χ1n) is 8.26. The number of aromatic nitrogens is 2. The Labute approximate surface area is 146 Å². The van der Waals surface area contributed by atoms with E-state index in [0.29, 0.717) is 17.8 Å². The molecule has 0 bridgehead atoms. The van der Waals surface area contributed by atoms with Crippen LogP contribution in [0.5, 0.6) is 0 Å². The number of amides is 1. The van der Waals surface area contributed by atoms with E-state index in [2.05, 4.69) is 10.4 Å². The lowest BCUT2D eigenvalue weighted by Crippen LogP contribution is -2.35. The summed E-state index contributed by atoms with van der Waals surface area (Å²) < 4.78 is 1.77. The molecule has 3 rings (SSSR count). The minimum absolute atomic E-state index is 0.107. The van der Waals surface area contributed by atoms with Gasteiger partial charge in [0.15, 0.2) is 0 Å². The molecule has 1 amide bonds. The third-order valence-electron chi connectivity index (χ3n) is 3.89. The first-order valence-corrected chi connectivity index (χ1v) is 8.26. The van der Waals surface area contributed by atoms with Crippen molar-refractivity contribution < 1.29 is 9.90 Å². The maximum Gasteiger partial charge on any atom is 0.255 e. The lowest BCUT2D eigenvalue weighted by molar-refractivity contribution is 0.0923. The summed E-state index contributed by atoms with van der Waals surface area (Å²) in [7, 11) is 0. The standard InChI is InChI=1S/C20H21N3O2/c1-15(14-24)21-20(25)18-13-23(12-16-8-4-2-5-9-16)22-19(18)17-10-6-3-7-11-17/h2-11,13,15,24H,12,14H2,1H3,(H,21,25). The Morgan fingerprint density at radius 2 is 1.76 bits per heavy atom. The molecule has 128 valence electrons. The quantitative estimate of drug-likeness (QED) is 0.728. The van der Waals surface area contributed by atoms with Gasteiger partial charge in [0.2, 0.25) is 0 Å². The van der Waals surface area contributed by atoms with E-state index in [1.807, 2.05) is 60.7 Å². The van der Waals surface area contributed by atoms with E-state index >= 15 is 0 Å². The lowest BCUT2D eigenvalue weighted by atomic mass is 10.1. The second-order valence-electron chi connectivity index (χ2n) is 6.00. The van der Waals surface area contributed by atoms with Crippen molar-refractivity contribution in [1.82, 2.24) is 15.1 Å². The third-order valence-corrected chi connectivity index (χ3v) is 3.89. The van der Waals surface area contributed by atoms with Crippen molar-refractivity contribution in [3.8, 4) is 11.3 Å². The van der Waals surface area contributed by atoms with Crippen LogP contribution < -0.4 is 5.32 Å². The molecule has 2 aromatic carbocycles. The molecule has 0 aliphatic carbocycles. The monoisotopic (exact) mass is 335 g/mol. The summed E-state index contributed by atoms with van der Waals surface area (Å²) in [4.78, 5) is 12.6. The zero-order valence-electron chi connectivity index (χ0n) is 14.1. The van der Waals surface area contributed by atoms with Gasteiger partial charge in [0.1, 0.15) is 5.69 Å². The largest absolute Gasteiger partial charge is 0.394 e. The fraction of sp³-hybridized carbons (Fsp3) is 0.200. The van der Waals surface area contributed by atoms with Crippen molar-refractivity contribution in [2.24, 2.45) is 0 Å². The van der Waals surface area contributed by atoms with Crippen LogP contribution in [0.1, 0.15) is 22.8 Å². The van der Waals surface area contributed by atoms with Gasteiger partial charge in [0.25, 0.3) is 5.91 Å².